The molecular weight excluding hydrogens is 289 g/mol. The van der Waals surface area contributed by atoms with Gasteiger partial charge in [0.25, 0.3) is 0 Å². The second-order valence-corrected chi connectivity index (χ2v) is 4.62. The van der Waals surface area contributed by atoms with E-state index in [1.807, 2.05) is 5.43 Å². The van der Waals surface area contributed by atoms with Gasteiger partial charge in [0.1, 0.15) is 5.82 Å². The van der Waals surface area contributed by atoms with Crippen LogP contribution in [0.25, 0.3) is 0 Å². The molecule has 0 saturated heterocycles. The lowest BCUT2D eigenvalue weighted by atomic mass is 10.3. The molecular formula is C11H15F3N6O. The number of amides is 1. The van der Waals surface area contributed by atoms with Crippen molar-refractivity contribution in [3.8, 4) is 0 Å². The highest BCUT2D eigenvalue weighted by Gasteiger charge is 2.33. The quantitative estimate of drug-likeness (QED) is 0.459. The van der Waals surface area contributed by atoms with Crippen LogP contribution >= 0.6 is 0 Å². The standard InChI is InChI=1S/C11H15F3N6O/c12-11(13,14)7-5-8(19-10(18-7)20-15)16-4-3-9(21)17-6-1-2-6/h5-6H,1-4,15H2,(H,17,21)(H2,16,18,19,20). The molecule has 0 aliphatic heterocycles. The van der Waals surface area contributed by atoms with Crippen molar-refractivity contribution in [1.82, 2.24) is 15.3 Å². The van der Waals surface area contributed by atoms with Gasteiger partial charge in [-0.2, -0.15) is 18.2 Å². The van der Waals surface area contributed by atoms with Crippen LogP contribution < -0.4 is 21.9 Å². The Labute approximate surface area is 118 Å². The Morgan fingerprint density at radius 3 is 2.67 bits per heavy atom. The van der Waals surface area contributed by atoms with E-state index in [0.717, 1.165) is 18.9 Å². The van der Waals surface area contributed by atoms with Gasteiger partial charge in [0, 0.05) is 25.1 Å². The fraction of sp³-hybridized carbons (Fsp3) is 0.545. The number of nitrogens with one attached hydrogen (secondary N) is 3. The number of hydrogen-bond donors (Lipinski definition) is 4. The van der Waals surface area contributed by atoms with Gasteiger partial charge in [-0.3, -0.25) is 10.2 Å². The number of halogens is 3. The Balaban J connectivity index is 1.93. The molecule has 1 aliphatic carbocycles. The summed E-state index contributed by atoms with van der Waals surface area (Å²) in [6.07, 6.45) is -2.50. The number of hydrazine groups is 1. The van der Waals surface area contributed by atoms with E-state index in [9.17, 15) is 18.0 Å². The summed E-state index contributed by atoms with van der Waals surface area (Å²) in [7, 11) is 0. The molecule has 1 amide bonds. The summed E-state index contributed by atoms with van der Waals surface area (Å²) in [6, 6.07) is 1.01. The number of carbonyl (C=O) groups excluding carboxylic acids is 1. The fourth-order valence-electron chi connectivity index (χ4n) is 1.58. The maximum atomic E-state index is 12.6. The van der Waals surface area contributed by atoms with E-state index in [0.29, 0.717) is 0 Å². The van der Waals surface area contributed by atoms with E-state index in [1.54, 1.807) is 0 Å². The Morgan fingerprint density at radius 1 is 1.38 bits per heavy atom. The first-order chi connectivity index (χ1) is 9.88. The van der Waals surface area contributed by atoms with Gasteiger partial charge in [0.2, 0.25) is 11.9 Å². The summed E-state index contributed by atoms with van der Waals surface area (Å²) in [5, 5.41) is 5.42. The van der Waals surface area contributed by atoms with Gasteiger partial charge in [0.15, 0.2) is 5.69 Å². The molecule has 7 nitrogen and oxygen atoms in total. The molecule has 2 rings (SSSR count). The Hall–Kier alpha value is -2.10. The molecule has 1 aromatic rings. The van der Waals surface area contributed by atoms with Gasteiger partial charge in [-0.25, -0.2) is 10.8 Å². The molecule has 1 fully saturated rings. The number of hydrogen-bond acceptors (Lipinski definition) is 6. The molecule has 10 heteroatoms. The normalized spacial score (nSPS) is 14.7. The summed E-state index contributed by atoms with van der Waals surface area (Å²) in [4.78, 5) is 18.4. The number of nitrogens with two attached hydrogens (primary N) is 1. The lowest BCUT2D eigenvalue weighted by Gasteiger charge is -2.11. The minimum Gasteiger partial charge on any atom is -0.369 e. The molecule has 0 aromatic carbocycles. The van der Waals surface area contributed by atoms with Crippen molar-refractivity contribution in [2.75, 3.05) is 17.3 Å². The van der Waals surface area contributed by atoms with E-state index >= 15 is 0 Å². The number of nitrogen functional groups attached to an aromatic ring is 1. The van der Waals surface area contributed by atoms with Crippen LogP contribution in [0.3, 0.4) is 0 Å². The highest BCUT2D eigenvalue weighted by Crippen LogP contribution is 2.29. The largest absolute Gasteiger partial charge is 0.433 e. The van der Waals surface area contributed by atoms with Gasteiger partial charge in [-0.05, 0) is 12.8 Å². The smallest absolute Gasteiger partial charge is 0.369 e. The molecule has 0 bridgehead atoms. The molecule has 0 atom stereocenters. The van der Waals surface area contributed by atoms with E-state index in [4.69, 9.17) is 5.84 Å². The van der Waals surface area contributed by atoms with Crippen LogP contribution in [0.1, 0.15) is 25.0 Å². The van der Waals surface area contributed by atoms with E-state index in [2.05, 4.69) is 20.6 Å². The fourth-order valence-corrected chi connectivity index (χ4v) is 1.58. The number of carbonyl (C=O) groups is 1. The van der Waals surface area contributed by atoms with Crippen molar-refractivity contribution in [2.45, 2.75) is 31.5 Å². The lowest BCUT2D eigenvalue weighted by Crippen LogP contribution is -2.27. The third-order valence-electron chi connectivity index (χ3n) is 2.75. The van der Waals surface area contributed by atoms with Crippen LogP contribution in [0.4, 0.5) is 24.9 Å². The Bertz CT molecular complexity index is 517. The second-order valence-electron chi connectivity index (χ2n) is 4.62. The third-order valence-corrected chi connectivity index (χ3v) is 2.75. The van der Waals surface area contributed by atoms with Crippen molar-refractivity contribution in [3.63, 3.8) is 0 Å². The van der Waals surface area contributed by atoms with Crippen LogP contribution in [-0.2, 0) is 11.0 Å². The van der Waals surface area contributed by atoms with Gasteiger partial charge in [-0.1, -0.05) is 0 Å². The molecule has 1 aliphatic rings. The summed E-state index contributed by atoms with van der Waals surface area (Å²) < 4.78 is 37.9. The van der Waals surface area contributed by atoms with Gasteiger partial charge >= 0.3 is 6.18 Å². The maximum absolute atomic E-state index is 12.6. The summed E-state index contributed by atoms with van der Waals surface area (Å²) in [5.74, 6) is 4.49. The first-order valence-electron chi connectivity index (χ1n) is 6.34. The maximum Gasteiger partial charge on any atom is 0.433 e. The van der Waals surface area contributed by atoms with Crippen molar-refractivity contribution < 1.29 is 18.0 Å². The van der Waals surface area contributed by atoms with Gasteiger partial charge in [-0.15, -0.1) is 0 Å². The zero-order chi connectivity index (χ0) is 15.5. The molecule has 1 aromatic heterocycles. The Kier molecular flexibility index (Phi) is 4.46. The molecule has 21 heavy (non-hydrogen) atoms. The summed E-state index contributed by atoms with van der Waals surface area (Å²) in [6.45, 7) is 0.164. The summed E-state index contributed by atoms with van der Waals surface area (Å²) >= 11 is 0. The number of anilines is 2. The van der Waals surface area contributed by atoms with Crippen molar-refractivity contribution in [3.05, 3.63) is 11.8 Å². The van der Waals surface area contributed by atoms with Gasteiger partial charge in [0.05, 0.1) is 0 Å². The predicted molar refractivity (Wildman–Crippen MR) is 69.1 cm³/mol. The molecule has 0 radical (unpaired) electrons. The van der Waals surface area contributed by atoms with Crippen molar-refractivity contribution in [2.24, 2.45) is 5.84 Å². The molecule has 5 N–H and O–H groups in total. The SMILES string of the molecule is NNc1nc(NCCC(=O)NC2CC2)cc(C(F)(F)F)n1. The van der Waals surface area contributed by atoms with Crippen molar-refractivity contribution >= 4 is 17.7 Å². The molecule has 116 valence electrons. The van der Waals surface area contributed by atoms with E-state index in [-0.39, 0.29) is 36.7 Å². The van der Waals surface area contributed by atoms with Crippen LogP contribution in [-0.4, -0.2) is 28.5 Å². The predicted octanol–water partition coefficient (Wildman–Crippen LogP) is 0.862. The number of aromatic nitrogens is 2. The average Bonchev–Trinajstić information content (AvgIpc) is 3.21. The average molecular weight is 304 g/mol. The van der Waals surface area contributed by atoms with Gasteiger partial charge < -0.3 is 10.6 Å². The van der Waals surface area contributed by atoms with E-state index < -0.39 is 11.9 Å². The minimum absolute atomic E-state index is 0.0514. The van der Waals surface area contributed by atoms with Crippen LogP contribution in [0.5, 0.6) is 0 Å². The number of nitrogens with zero attached hydrogens (tertiary/aromatic N) is 2. The Morgan fingerprint density at radius 2 is 2.10 bits per heavy atom. The number of alkyl halides is 3. The minimum atomic E-state index is -4.60. The lowest BCUT2D eigenvalue weighted by molar-refractivity contribution is -0.141. The monoisotopic (exact) mass is 304 g/mol. The third kappa shape index (κ3) is 4.74. The topological polar surface area (TPSA) is 105 Å². The molecule has 1 heterocycles. The zero-order valence-electron chi connectivity index (χ0n) is 11.0. The number of rotatable bonds is 6. The molecule has 1 saturated carbocycles. The first kappa shape index (κ1) is 15.3. The molecule has 0 unspecified atom stereocenters. The highest BCUT2D eigenvalue weighted by molar-refractivity contribution is 5.77. The zero-order valence-corrected chi connectivity index (χ0v) is 11.0. The van der Waals surface area contributed by atoms with Crippen LogP contribution in [0.2, 0.25) is 0 Å². The highest BCUT2D eigenvalue weighted by atomic mass is 19.4. The second kappa shape index (κ2) is 6.12. The molecule has 0 spiro atoms. The van der Waals surface area contributed by atoms with Crippen LogP contribution in [0.15, 0.2) is 6.07 Å². The first-order valence-corrected chi connectivity index (χ1v) is 6.34. The van der Waals surface area contributed by atoms with Crippen LogP contribution in [0, 0.1) is 0 Å². The van der Waals surface area contributed by atoms with Crippen molar-refractivity contribution in [1.29, 1.82) is 0 Å². The van der Waals surface area contributed by atoms with E-state index in [1.165, 1.54) is 0 Å². The summed E-state index contributed by atoms with van der Waals surface area (Å²) in [5.41, 5.74) is 0.857.